The van der Waals surface area contributed by atoms with Gasteiger partial charge < -0.3 is 15.5 Å². The van der Waals surface area contributed by atoms with Crippen molar-refractivity contribution < 1.29 is 4.79 Å². The average Bonchev–Trinajstić information content (AvgIpc) is 3.30. The van der Waals surface area contributed by atoms with Crippen molar-refractivity contribution in [2.24, 2.45) is 0 Å². The topological polar surface area (TPSA) is 57.3 Å². The van der Waals surface area contributed by atoms with Gasteiger partial charge in [0.25, 0.3) is 0 Å². The summed E-state index contributed by atoms with van der Waals surface area (Å²) in [4.78, 5) is 20.2. The molecule has 3 heterocycles. The lowest BCUT2D eigenvalue weighted by Gasteiger charge is -2.26. The number of rotatable bonds is 6. The number of nitrogens with one attached hydrogen (secondary N) is 2. The Morgan fingerprint density at radius 3 is 2.72 bits per heavy atom. The van der Waals surface area contributed by atoms with Gasteiger partial charge in [0, 0.05) is 39.6 Å². The third-order valence-electron chi connectivity index (χ3n) is 4.71. The largest absolute Gasteiger partial charge is 0.352 e. The highest BCUT2D eigenvalue weighted by Gasteiger charge is 2.40. The van der Waals surface area contributed by atoms with Crippen molar-refractivity contribution in [1.29, 1.82) is 0 Å². The number of hydrogen-bond acceptors (Lipinski definition) is 4. The second-order valence-corrected chi connectivity index (χ2v) is 8.90. The number of aromatic nitrogens is 1. The fourth-order valence-electron chi connectivity index (χ4n) is 3.41. The van der Waals surface area contributed by atoms with Crippen molar-refractivity contribution in [3.63, 3.8) is 0 Å². The molecule has 29 heavy (non-hydrogen) atoms. The van der Waals surface area contributed by atoms with Gasteiger partial charge in [0.05, 0.1) is 17.8 Å². The molecule has 2 atom stereocenters. The molecule has 3 aromatic rings. The summed E-state index contributed by atoms with van der Waals surface area (Å²) in [5, 5.41) is 9.05. The first kappa shape index (κ1) is 20.0. The van der Waals surface area contributed by atoms with Crippen LogP contribution in [-0.4, -0.2) is 27.4 Å². The zero-order valence-electron chi connectivity index (χ0n) is 15.4. The number of amides is 1. The van der Waals surface area contributed by atoms with E-state index in [1.54, 1.807) is 17.5 Å². The van der Waals surface area contributed by atoms with Gasteiger partial charge >= 0.3 is 0 Å². The fourth-order valence-corrected chi connectivity index (χ4v) is 5.33. The summed E-state index contributed by atoms with van der Waals surface area (Å²) >= 11 is 10.9. The number of carbonyl (C=O) groups is 1. The number of anilines is 1. The number of nitrogens with zero attached hydrogens (tertiary/aromatic N) is 2. The Morgan fingerprint density at radius 1 is 1.24 bits per heavy atom. The molecule has 148 valence electrons. The molecular weight excluding hydrogens is 468 g/mol. The highest BCUT2D eigenvalue weighted by molar-refractivity contribution is 9.10. The maximum Gasteiger partial charge on any atom is 0.226 e. The molecule has 0 spiro atoms. The van der Waals surface area contributed by atoms with Gasteiger partial charge in [-0.2, -0.15) is 0 Å². The van der Waals surface area contributed by atoms with Crippen molar-refractivity contribution in [2.75, 3.05) is 11.9 Å². The molecule has 0 bridgehead atoms. The van der Waals surface area contributed by atoms with E-state index in [1.807, 2.05) is 48.5 Å². The second kappa shape index (κ2) is 9.02. The molecule has 0 unspecified atom stereocenters. The molecule has 1 fully saturated rings. The Hall–Kier alpha value is -2.29. The van der Waals surface area contributed by atoms with Crippen LogP contribution in [0.3, 0.4) is 0 Å². The van der Waals surface area contributed by atoms with Crippen LogP contribution in [0.25, 0.3) is 0 Å². The summed E-state index contributed by atoms with van der Waals surface area (Å²) in [6.45, 7) is 0.522. The third-order valence-corrected chi connectivity index (χ3v) is 6.83. The number of halogens is 1. The van der Waals surface area contributed by atoms with Crippen molar-refractivity contribution in [1.82, 2.24) is 15.2 Å². The molecule has 0 radical (unpaired) electrons. The van der Waals surface area contributed by atoms with Crippen LogP contribution in [0, 0.1) is 0 Å². The molecule has 8 heteroatoms. The minimum Gasteiger partial charge on any atom is -0.352 e. The van der Waals surface area contributed by atoms with E-state index in [0.29, 0.717) is 18.1 Å². The van der Waals surface area contributed by atoms with Crippen LogP contribution in [0.4, 0.5) is 5.69 Å². The minimum atomic E-state index is -0.0635. The summed E-state index contributed by atoms with van der Waals surface area (Å²) in [6.07, 6.45) is 2.13. The predicted molar refractivity (Wildman–Crippen MR) is 124 cm³/mol. The van der Waals surface area contributed by atoms with Gasteiger partial charge in [-0.1, -0.05) is 24.3 Å². The van der Waals surface area contributed by atoms with E-state index in [9.17, 15) is 4.79 Å². The monoisotopic (exact) mass is 486 g/mol. The first-order valence-electron chi connectivity index (χ1n) is 9.19. The van der Waals surface area contributed by atoms with E-state index in [0.717, 1.165) is 15.9 Å². The van der Waals surface area contributed by atoms with Crippen LogP contribution in [0.2, 0.25) is 0 Å². The number of benzene rings is 1. The van der Waals surface area contributed by atoms with Crippen LogP contribution in [0.15, 0.2) is 70.6 Å². The van der Waals surface area contributed by atoms with Crippen molar-refractivity contribution in [2.45, 2.75) is 18.5 Å². The second-order valence-electron chi connectivity index (χ2n) is 6.65. The van der Waals surface area contributed by atoms with Crippen LogP contribution in [-0.2, 0) is 4.79 Å². The number of para-hydroxylation sites is 1. The first-order valence-corrected chi connectivity index (χ1v) is 11.3. The summed E-state index contributed by atoms with van der Waals surface area (Å²) in [5.41, 5.74) is 1.73. The molecule has 4 rings (SSSR count). The molecular formula is C21H19BrN4OS2. The molecule has 0 saturated carbocycles. The van der Waals surface area contributed by atoms with E-state index in [-0.39, 0.29) is 18.0 Å². The standard InChI is InChI=1S/C21H19BrN4OS2/c22-14-12-17(29-13-14)20-19(16-8-4-5-10-23-16)25-21(28)26(20)11-9-18(27)24-15-6-2-1-3-7-15/h1-8,10,12-13,19-20H,9,11H2,(H,24,27)(H,25,28)/t19-,20-/m0/s1. The predicted octanol–water partition coefficient (Wildman–Crippen LogP) is 4.91. The van der Waals surface area contributed by atoms with Gasteiger partial charge in [-0.3, -0.25) is 9.78 Å². The molecule has 1 aromatic carbocycles. The molecule has 0 aliphatic carbocycles. The van der Waals surface area contributed by atoms with E-state index in [1.165, 1.54) is 4.88 Å². The summed E-state index contributed by atoms with van der Waals surface area (Å²) in [6, 6.07) is 17.4. The van der Waals surface area contributed by atoms with Gasteiger partial charge in [-0.25, -0.2) is 0 Å². The van der Waals surface area contributed by atoms with Crippen molar-refractivity contribution >= 4 is 56.2 Å². The lowest BCUT2D eigenvalue weighted by Crippen LogP contribution is -2.32. The number of hydrogen-bond donors (Lipinski definition) is 2. The quantitative estimate of drug-likeness (QED) is 0.484. The summed E-state index contributed by atoms with van der Waals surface area (Å²) in [5.74, 6) is -0.0357. The zero-order chi connectivity index (χ0) is 20.2. The van der Waals surface area contributed by atoms with Gasteiger partial charge in [-0.05, 0) is 58.5 Å². The normalized spacial score (nSPS) is 18.5. The van der Waals surface area contributed by atoms with E-state index in [4.69, 9.17) is 12.2 Å². The third kappa shape index (κ3) is 4.66. The highest BCUT2D eigenvalue weighted by atomic mass is 79.9. The molecule has 2 aromatic heterocycles. The Kier molecular flexibility index (Phi) is 6.22. The minimum absolute atomic E-state index is 0.0155. The van der Waals surface area contributed by atoms with Crippen LogP contribution >= 0.6 is 39.5 Å². The molecule has 5 nitrogen and oxygen atoms in total. The summed E-state index contributed by atoms with van der Waals surface area (Å²) in [7, 11) is 0. The Balaban J connectivity index is 1.52. The van der Waals surface area contributed by atoms with Crippen molar-refractivity contribution in [3.05, 3.63) is 81.2 Å². The molecule has 1 aliphatic rings. The molecule has 1 amide bonds. The zero-order valence-corrected chi connectivity index (χ0v) is 18.6. The highest BCUT2D eigenvalue weighted by Crippen LogP contribution is 2.41. The first-order chi connectivity index (χ1) is 14.1. The Morgan fingerprint density at radius 2 is 2.03 bits per heavy atom. The number of carbonyl (C=O) groups excluding carboxylic acids is 1. The van der Waals surface area contributed by atoms with Crippen LogP contribution in [0.5, 0.6) is 0 Å². The van der Waals surface area contributed by atoms with E-state index in [2.05, 4.69) is 47.9 Å². The van der Waals surface area contributed by atoms with E-state index >= 15 is 0 Å². The van der Waals surface area contributed by atoms with Gasteiger partial charge in [-0.15, -0.1) is 11.3 Å². The van der Waals surface area contributed by atoms with Crippen LogP contribution in [0.1, 0.15) is 29.1 Å². The number of pyridine rings is 1. The lowest BCUT2D eigenvalue weighted by molar-refractivity contribution is -0.116. The smallest absolute Gasteiger partial charge is 0.226 e. The summed E-state index contributed by atoms with van der Waals surface area (Å²) < 4.78 is 1.04. The molecule has 2 N–H and O–H groups in total. The fraction of sp³-hybridized carbons (Fsp3) is 0.190. The maximum absolute atomic E-state index is 12.5. The molecule has 1 aliphatic heterocycles. The van der Waals surface area contributed by atoms with Crippen LogP contribution < -0.4 is 10.6 Å². The number of thiophene rings is 1. The molecule has 1 saturated heterocycles. The maximum atomic E-state index is 12.5. The Bertz CT molecular complexity index is 996. The number of thiocarbonyl (C=S) groups is 1. The van der Waals surface area contributed by atoms with Gasteiger partial charge in [0.1, 0.15) is 0 Å². The van der Waals surface area contributed by atoms with Crippen molar-refractivity contribution in [3.8, 4) is 0 Å². The lowest BCUT2D eigenvalue weighted by atomic mass is 10.0. The average molecular weight is 487 g/mol. The van der Waals surface area contributed by atoms with E-state index < -0.39 is 0 Å². The Labute approximate surface area is 187 Å². The van der Waals surface area contributed by atoms with Gasteiger partial charge in [0.15, 0.2) is 5.11 Å². The van der Waals surface area contributed by atoms with Gasteiger partial charge in [0.2, 0.25) is 5.91 Å². The SMILES string of the molecule is O=C(CCN1C(=S)N[C@@H](c2ccccn2)[C@@H]1c1cc(Br)cs1)Nc1ccccc1.